The number of anilines is 1. The topological polar surface area (TPSA) is 12.5 Å². The molecule has 2 heteroatoms. The average Bonchev–Trinajstić information content (AvgIpc) is 2.56. The Morgan fingerprint density at radius 2 is 1.52 bits per heavy atom. The second-order valence-corrected chi connectivity index (χ2v) is 5.08. The first-order valence-electron chi connectivity index (χ1n) is 7.21. The van der Waals surface area contributed by atoms with E-state index in [0.29, 0.717) is 6.61 Å². The fourth-order valence-corrected chi connectivity index (χ4v) is 2.43. The molecule has 3 rings (SSSR count). The van der Waals surface area contributed by atoms with Crippen molar-refractivity contribution in [3.8, 4) is 5.75 Å². The smallest absolute Gasteiger partial charge is 0.127 e. The molecule has 0 radical (unpaired) electrons. The zero-order valence-electron chi connectivity index (χ0n) is 12.2. The Kier molecular flexibility index (Phi) is 4.06. The van der Waals surface area contributed by atoms with E-state index in [9.17, 15) is 0 Å². The zero-order chi connectivity index (χ0) is 14.5. The van der Waals surface area contributed by atoms with Gasteiger partial charge in [-0.15, -0.1) is 0 Å². The monoisotopic (exact) mass is 277 g/mol. The van der Waals surface area contributed by atoms with Gasteiger partial charge in [-0.2, -0.15) is 0 Å². The molecular formula is C19H19NO. The molecule has 0 N–H and O–H groups in total. The Labute approximate surface area is 125 Å². The van der Waals surface area contributed by atoms with Gasteiger partial charge in [0.15, 0.2) is 0 Å². The Balaban J connectivity index is 1.65. The van der Waals surface area contributed by atoms with Crippen molar-refractivity contribution in [1.82, 2.24) is 0 Å². The largest absolute Gasteiger partial charge is 0.491 e. The van der Waals surface area contributed by atoms with E-state index < -0.39 is 0 Å². The van der Waals surface area contributed by atoms with Gasteiger partial charge in [-0.1, -0.05) is 54.6 Å². The summed E-state index contributed by atoms with van der Waals surface area (Å²) in [4.78, 5) is 2.20. The molecule has 0 aliphatic carbocycles. The molecule has 2 nitrogen and oxygen atoms in total. The predicted molar refractivity (Wildman–Crippen MR) is 89.2 cm³/mol. The summed E-state index contributed by atoms with van der Waals surface area (Å²) in [6.45, 7) is 1.52. The van der Waals surface area contributed by atoms with Gasteiger partial charge in [0, 0.05) is 18.1 Å². The number of benzene rings is 3. The molecule has 0 fully saturated rings. The summed E-state index contributed by atoms with van der Waals surface area (Å²) < 4.78 is 5.97. The number of hydrogen-bond donors (Lipinski definition) is 0. The van der Waals surface area contributed by atoms with Crippen molar-refractivity contribution in [2.45, 2.75) is 0 Å². The number of para-hydroxylation sites is 1. The maximum absolute atomic E-state index is 5.97. The molecule has 0 saturated heterocycles. The summed E-state index contributed by atoms with van der Waals surface area (Å²) in [5.41, 5.74) is 1.21. The van der Waals surface area contributed by atoms with Crippen molar-refractivity contribution in [2.24, 2.45) is 0 Å². The number of ether oxygens (including phenoxy) is 1. The lowest BCUT2D eigenvalue weighted by molar-refractivity contribution is 0.330. The van der Waals surface area contributed by atoms with E-state index in [0.717, 1.165) is 12.3 Å². The highest BCUT2D eigenvalue weighted by molar-refractivity contribution is 5.88. The number of fused-ring (bicyclic) bond motifs is 1. The van der Waals surface area contributed by atoms with Crippen molar-refractivity contribution in [2.75, 3.05) is 25.1 Å². The van der Waals surface area contributed by atoms with Gasteiger partial charge in [-0.3, -0.25) is 0 Å². The lowest BCUT2D eigenvalue weighted by Crippen LogP contribution is -2.23. The van der Waals surface area contributed by atoms with Crippen LogP contribution in [-0.2, 0) is 0 Å². The SMILES string of the molecule is CN(CCOc1cccc2ccccc12)c1ccccc1. The Morgan fingerprint density at radius 3 is 2.38 bits per heavy atom. The second-order valence-electron chi connectivity index (χ2n) is 5.08. The molecule has 0 bridgehead atoms. The molecule has 21 heavy (non-hydrogen) atoms. The summed E-state index contributed by atoms with van der Waals surface area (Å²) in [7, 11) is 2.09. The van der Waals surface area contributed by atoms with Crippen LogP contribution in [0.1, 0.15) is 0 Å². The Bertz CT molecular complexity index is 704. The molecular weight excluding hydrogens is 258 g/mol. The van der Waals surface area contributed by atoms with Crippen LogP contribution in [0.25, 0.3) is 10.8 Å². The highest BCUT2D eigenvalue weighted by Gasteiger charge is 2.03. The Morgan fingerprint density at radius 1 is 0.810 bits per heavy atom. The lowest BCUT2D eigenvalue weighted by atomic mass is 10.1. The van der Waals surface area contributed by atoms with E-state index in [1.54, 1.807) is 0 Å². The van der Waals surface area contributed by atoms with Crippen LogP contribution in [0.5, 0.6) is 5.75 Å². The normalized spacial score (nSPS) is 10.5. The lowest BCUT2D eigenvalue weighted by Gasteiger charge is -2.19. The van der Waals surface area contributed by atoms with Crippen molar-refractivity contribution in [3.63, 3.8) is 0 Å². The summed E-state index contributed by atoms with van der Waals surface area (Å²) >= 11 is 0. The van der Waals surface area contributed by atoms with Gasteiger partial charge in [0.1, 0.15) is 12.4 Å². The first kappa shape index (κ1) is 13.5. The van der Waals surface area contributed by atoms with Crippen LogP contribution >= 0.6 is 0 Å². The predicted octanol–water partition coefficient (Wildman–Crippen LogP) is 4.36. The van der Waals surface area contributed by atoms with Gasteiger partial charge >= 0.3 is 0 Å². The number of nitrogens with zero attached hydrogens (tertiary/aromatic N) is 1. The maximum atomic E-state index is 5.97. The van der Waals surface area contributed by atoms with Gasteiger partial charge in [-0.05, 0) is 23.6 Å². The molecule has 0 unspecified atom stereocenters. The first-order chi connectivity index (χ1) is 10.3. The quantitative estimate of drug-likeness (QED) is 0.687. The van der Waals surface area contributed by atoms with Crippen molar-refractivity contribution in [3.05, 3.63) is 72.8 Å². The molecule has 0 heterocycles. The highest BCUT2D eigenvalue weighted by atomic mass is 16.5. The number of hydrogen-bond acceptors (Lipinski definition) is 2. The van der Waals surface area contributed by atoms with Gasteiger partial charge in [0.2, 0.25) is 0 Å². The van der Waals surface area contributed by atoms with E-state index in [-0.39, 0.29) is 0 Å². The van der Waals surface area contributed by atoms with Crippen LogP contribution in [0, 0.1) is 0 Å². The zero-order valence-corrected chi connectivity index (χ0v) is 12.2. The first-order valence-corrected chi connectivity index (χ1v) is 7.21. The number of likely N-dealkylation sites (N-methyl/N-ethyl adjacent to an activating group) is 1. The molecule has 0 aromatic heterocycles. The molecule has 0 aliphatic heterocycles. The van der Waals surface area contributed by atoms with E-state index in [1.165, 1.54) is 16.5 Å². The minimum atomic E-state index is 0.666. The van der Waals surface area contributed by atoms with Crippen LogP contribution in [0.3, 0.4) is 0 Å². The third-order valence-electron chi connectivity index (χ3n) is 3.63. The Hall–Kier alpha value is -2.48. The van der Waals surface area contributed by atoms with E-state index in [4.69, 9.17) is 4.74 Å². The van der Waals surface area contributed by atoms with Crippen molar-refractivity contribution >= 4 is 16.5 Å². The van der Waals surface area contributed by atoms with Gasteiger partial charge in [0.05, 0.1) is 6.54 Å². The van der Waals surface area contributed by atoms with Crippen LogP contribution in [0.4, 0.5) is 5.69 Å². The molecule has 3 aromatic carbocycles. The molecule has 106 valence electrons. The van der Waals surface area contributed by atoms with Crippen LogP contribution < -0.4 is 9.64 Å². The molecule has 0 aliphatic rings. The number of rotatable bonds is 5. The summed E-state index contributed by atoms with van der Waals surface area (Å²) in [5.74, 6) is 0.953. The summed E-state index contributed by atoms with van der Waals surface area (Å²) in [5, 5.41) is 2.38. The van der Waals surface area contributed by atoms with Crippen LogP contribution in [-0.4, -0.2) is 20.2 Å². The third kappa shape index (κ3) is 3.16. The fraction of sp³-hybridized carbons (Fsp3) is 0.158. The van der Waals surface area contributed by atoms with E-state index in [1.807, 2.05) is 24.3 Å². The third-order valence-corrected chi connectivity index (χ3v) is 3.63. The minimum Gasteiger partial charge on any atom is -0.491 e. The fourth-order valence-electron chi connectivity index (χ4n) is 2.43. The van der Waals surface area contributed by atoms with Crippen molar-refractivity contribution < 1.29 is 4.74 Å². The van der Waals surface area contributed by atoms with E-state index >= 15 is 0 Å². The van der Waals surface area contributed by atoms with E-state index in [2.05, 4.69) is 60.5 Å². The van der Waals surface area contributed by atoms with Crippen molar-refractivity contribution in [1.29, 1.82) is 0 Å². The molecule has 0 spiro atoms. The maximum Gasteiger partial charge on any atom is 0.127 e. The average molecular weight is 277 g/mol. The molecule has 0 saturated carbocycles. The molecule has 3 aromatic rings. The van der Waals surface area contributed by atoms with Crippen LogP contribution in [0.2, 0.25) is 0 Å². The van der Waals surface area contributed by atoms with Gasteiger partial charge < -0.3 is 9.64 Å². The van der Waals surface area contributed by atoms with Gasteiger partial charge in [0.25, 0.3) is 0 Å². The van der Waals surface area contributed by atoms with Gasteiger partial charge in [-0.25, -0.2) is 0 Å². The summed E-state index contributed by atoms with van der Waals surface area (Å²) in [6, 6.07) is 24.8. The summed E-state index contributed by atoms with van der Waals surface area (Å²) in [6.07, 6.45) is 0. The second kappa shape index (κ2) is 6.31. The highest BCUT2D eigenvalue weighted by Crippen LogP contribution is 2.25. The molecule has 0 atom stereocenters. The van der Waals surface area contributed by atoms with Crippen LogP contribution in [0.15, 0.2) is 72.8 Å². The molecule has 0 amide bonds. The standard InChI is InChI=1S/C19H19NO/c1-20(17-10-3-2-4-11-17)14-15-21-19-13-7-9-16-8-5-6-12-18(16)19/h2-13H,14-15H2,1H3. The minimum absolute atomic E-state index is 0.666.